The molecule has 0 aromatic heterocycles. The van der Waals surface area contributed by atoms with E-state index < -0.39 is 17.5 Å². The van der Waals surface area contributed by atoms with Gasteiger partial charge in [-0.25, -0.2) is 9.59 Å². The number of carbonyl (C=O) groups is 2. The summed E-state index contributed by atoms with van der Waals surface area (Å²) in [6.45, 7) is 4.08. The van der Waals surface area contributed by atoms with E-state index in [4.69, 9.17) is 11.6 Å². The lowest BCUT2D eigenvalue weighted by atomic mass is 9.93. The topological polar surface area (TPSA) is 69.6 Å². The number of carboxylic acids is 1. The van der Waals surface area contributed by atoms with Crippen molar-refractivity contribution < 1.29 is 14.7 Å². The molecule has 2 amide bonds. The van der Waals surface area contributed by atoms with Crippen LogP contribution >= 0.6 is 11.6 Å². The van der Waals surface area contributed by atoms with E-state index in [-0.39, 0.29) is 0 Å². The molecule has 1 saturated heterocycles. The molecule has 21 heavy (non-hydrogen) atoms. The molecule has 1 aromatic rings. The summed E-state index contributed by atoms with van der Waals surface area (Å²) in [5.74, 6) is -0.950. The molecule has 1 fully saturated rings. The summed E-state index contributed by atoms with van der Waals surface area (Å²) in [7, 11) is 0. The van der Waals surface area contributed by atoms with Crippen molar-refractivity contribution in [3.05, 3.63) is 28.8 Å². The van der Waals surface area contributed by atoms with E-state index in [0.29, 0.717) is 36.5 Å². The number of likely N-dealkylation sites (tertiary alicyclic amines) is 1. The summed E-state index contributed by atoms with van der Waals surface area (Å²) in [5.41, 5.74) is 0.262. The van der Waals surface area contributed by atoms with Crippen molar-refractivity contribution in [2.45, 2.75) is 38.6 Å². The molecule has 0 saturated carbocycles. The fourth-order valence-electron chi connectivity index (χ4n) is 2.88. The summed E-state index contributed by atoms with van der Waals surface area (Å²) in [6.07, 6.45) is 1.56. The van der Waals surface area contributed by atoms with Crippen molar-refractivity contribution >= 4 is 29.3 Å². The standard InChI is InChI=1S/C15H19ClN2O3/c1-3-15(13(19)20)8-5-9-18(15)14(21)17-12-10(2)6-4-7-11(12)16/h4,6-7H,3,5,8-9H2,1-2H3,(H,17,21)(H,19,20). The van der Waals surface area contributed by atoms with E-state index in [1.54, 1.807) is 19.1 Å². The van der Waals surface area contributed by atoms with E-state index in [0.717, 1.165) is 5.56 Å². The highest BCUT2D eigenvalue weighted by molar-refractivity contribution is 6.33. The predicted molar refractivity (Wildman–Crippen MR) is 81.8 cm³/mol. The van der Waals surface area contributed by atoms with Gasteiger partial charge in [-0.05, 0) is 37.8 Å². The molecule has 1 unspecified atom stereocenters. The van der Waals surface area contributed by atoms with Crippen molar-refractivity contribution in [3.8, 4) is 0 Å². The largest absolute Gasteiger partial charge is 0.479 e. The Hall–Kier alpha value is -1.75. The molecule has 1 heterocycles. The lowest BCUT2D eigenvalue weighted by molar-refractivity contribution is -0.148. The van der Waals surface area contributed by atoms with E-state index in [9.17, 15) is 14.7 Å². The maximum Gasteiger partial charge on any atom is 0.329 e. The minimum Gasteiger partial charge on any atom is -0.479 e. The molecule has 2 rings (SSSR count). The Morgan fingerprint density at radius 3 is 2.76 bits per heavy atom. The van der Waals surface area contributed by atoms with Crippen LogP contribution in [0.1, 0.15) is 31.7 Å². The van der Waals surface area contributed by atoms with Crippen LogP contribution in [-0.4, -0.2) is 34.1 Å². The average molecular weight is 311 g/mol. The summed E-state index contributed by atoms with van der Waals surface area (Å²) in [4.78, 5) is 25.5. The van der Waals surface area contributed by atoms with Crippen molar-refractivity contribution in [2.24, 2.45) is 0 Å². The lowest BCUT2D eigenvalue weighted by Crippen LogP contribution is -2.54. The molecule has 1 aliphatic heterocycles. The molecule has 5 nitrogen and oxygen atoms in total. The molecule has 2 N–H and O–H groups in total. The number of halogens is 1. The van der Waals surface area contributed by atoms with Crippen molar-refractivity contribution in [3.63, 3.8) is 0 Å². The van der Waals surface area contributed by atoms with Crippen LogP contribution in [0.5, 0.6) is 0 Å². The molecule has 6 heteroatoms. The molecule has 1 aromatic carbocycles. The van der Waals surface area contributed by atoms with E-state index in [1.165, 1.54) is 4.90 Å². The molecule has 0 spiro atoms. The quantitative estimate of drug-likeness (QED) is 0.897. The van der Waals surface area contributed by atoms with Gasteiger partial charge in [-0.1, -0.05) is 30.7 Å². The second kappa shape index (κ2) is 5.93. The van der Waals surface area contributed by atoms with Gasteiger partial charge in [-0.3, -0.25) is 0 Å². The van der Waals surface area contributed by atoms with Crippen LogP contribution in [0.3, 0.4) is 0 Å². The number of hydrogen-bond acceptors (Lipinski definition) is 2. The number of hydrogen-bond donors (Lipinski definition) is 2. The van der Waals surface area contributed by atoms with Crippen LogP contribution in [0.4, 0.5) is 10.5 Å². The number of rotatable bonds is 3. The van der Waals surface area contributed by atoms with Crippen molar-refractivity contribution in [1.82, 2.24) is 4.90 Å². The van der Waals surface area contributed by atoms with Gasteiger partial charge >= 0.3 is 12.0 Å². The maximum absolute atomic E-state index is 12.5. The van der Waals surface area contributed by atoms with E-state index in [1.807, 2.05) is 13.0 Å². The van der Waals surface area contributed by atoms with Gasteiger partial charge in [0, 0.05) is 6.54 Å². The van der Waals surface area contributed by atoms with Crippen LogP contribution in [0, 0.1) is 6.92 Å². The summed E-state index contributed by atoms with van der Waals surface area (Å²) >= 11 is 6.10. The van der Waals surface area contributed by atoms with Crippen LogP contribution < -0.4 is 5.32 Å². The number of carboxylic acid groups (broad SMARTS) is 1. The van der Waals surface area contributed by atoms with Gasteiger partial charge in [0.1, 0.15) is 5.54 Å². The smallest absolute Gasteiger partial charge is 0.329 e. The third-order valence-corrected chi connectivity index (χ3v) is 4.49. The number of nitrogens with one attached hydrogen (secondary N) is 1. The number of anilines is 1. The monoisotopic (exact) mass is 310 g/mol. The number of aliphatic carboxylic acids is 1. The number of carbonyl (C=O) groups excluding carboxylic acids is 1. The zero-order valence-electron chi connectivity index (χ0n) is 12.1. The fourth-order valence-corrected chi connectivity index (χ4v) is 3.15. The Bertz CT molecular complexity index is 556. The highest BCUT2D eigenvalue weighted by Gasteiger charge is 2.48. The lowest BCUT2D eigenvalue weighted by Gasteiger charge is -2.34. The van der Waals surface area contributed by atoms with Crippen LogP contribution in [0.2, 0.25) is 5.02 Å². The molecule has 1 atom stereocenters. The minimum atomic E-state index is -1.11. The predicted octanol–water partition coefficient (Wildman–Crippen LogP) is 3.51. The number of para-hydroxylation sites is 1. The second-order valence-electron chi connectivity index (χ2n) is 5.31. The summed E-state index contributed by atoms with van der Waals surface area (Å²) < 4.78 is 0. The maximum atomic E-state index is 12.5. The molecule has 0 bridgehead atoms. The Morgan fingerprint density at radius 1 is 1.48 bits per heavy atom. The zero-order chi connectivity index (χ0) is 15.6. The molecule has 0 radical (unpaired) electrons. The Kier molecular flexibility index (Phi) is 4.42. The van der Waals surface area contributed by atoms with Crippen LogP contribution in [0.25, 0.3) is 0 Å². The first kappa shape index (κ1) is 15.6. The molecule has 114 valence electrons. The third kappa shape index (κ3) is 2.70. The number of benzene rings is 1. The van der Waals surface area contributed by atoms with Crippen molar-refractivity contribution in [1.29, 1.82) is 0 Å². The summed E-state index contributed by atoms with van der Waals surface area (Å²) in [5, 5.41) is 12.7. The Balaban J connectivity index is 2.26. The normalized spacial score (nSPS) is 21.4. The molecule has 1 aliphatic rings. The number of nitrogens with zero attached hydrogens (tertiary/aromatic N) is 1. The Labute approximate surface area is 128 Å². The summed E-state index contributed by atoms with van der Waals surface area (Å²) in [6, 6.07) is 4.93. The fraction of sp³-hybridized carbons (Fsp3) is 0.467. The zero-order valence-corrected chi connectivity index (χ0v) is 12.9. The van der Waals surface area contributed by atoms with E-state index >= 15 is 0 Å². The first-order chi connectivity index (χ1) is 9.92. The SMILES string of the molecule is CCC1(C(=O)O)CCCN1C(=O)Nc1c(C)cccc1Cl. The van der Waals surface area contributed by atoms with Crippen LogP contribution in [-0.2, 0) is 4.79 Å². The van der Waals surface area contributed by atoms with Gasteiger partial charge in [0.05, 0.1) is 10.7 Å². The third-order valence-electron chi connectivity index (χ3n) is 4.17. The van der Waals surface area contributed by atoms with Gasteiger partial charge in [-0.15, -0.1) is 0 Å². The first-order valence-corrected chi connectivity index (χ1v) is 7.37. The molecule has 0 aliphatic carbocycles. The number of aryl methyl sites for hydroxylation is 1. The Morgan fingerprint density at radius 2 is 2.19 bits per heavy atom. The van der Waals surface area contributed by atoms with Gasteiger partial charge in [0.2, 0.25) is 0 Å². The van der Waals surface area contributed by atoms with Crippen LogP contribution in [0.15, 0.2) is 18.2 Å². The van der Waals surface area contributed by atoms with E-state index in [2.05, 4.69) is 5.32 Å². The van der Waals surface area contributed by atoms with Gasteiger partial charge in [0.15, 0.2) is 0 Å². The molecular formula is C15H19ClN2O3. The highest BCUT2D eigenvalue weighted by Crippen LogP contribution is 2.34. The van der Waals surface area contributed by atoms with Crippen molar-refractivity contribution in [2.75, 3.05) is 11.9 Å². The number of amides is 2. The number of urea groups is 1. The minimum absolute atomic E-state index is 0.386. The average Bonchev–Trinajstić information content (AvgIpc) is 2.88. The second-order valence-corrected chi connectivity index (χ2v) is 5.71. The highest BCUT2D eigenvalue weighted by atomic mass is 35.5. The first-order valence-electron chi connectivity index (χ1n) is 6.99. The van der Waals surface area contributed by atoms with Gasteiger partial charge in [0.25, 0.3) is 0 Å². The molecular weight excluding hydrogens is 292 g/mol. The van der Waals surface area contributed by atoms with Gasteiger partial charge < -0.3 is 15.3 Å². The van der Waals surface area contributed by atoms with Gasteiger partial charge in [-0.2, -0.15) is 0 Å².